The monoisotopic (exact) mass is 416 g/mol. The summed E-state index contributed by atoms with van der Waals surface area (Å²) in [7, 11) is 0. The molecule has 2 aliphatic heterocycles. The second-order valence-corrected chi connectivity index (χ2v) is 7.26. The number of ether oxygens (including phenoxy) is 3. The molecule has 7 nitrogen and oxygen atoms in total. The summed E-state index contributed by atoms with van der Waals surface area (Å²) in [6, 6.07) is 9.11. The van der Waals surface area contributed by atoms with Crippen molar-refractivity contribution >= 4 is 29.1 Å². The molecule has 152 valence electrons. The number of hydrogen-bond acceptors (Lipinski definition) is 5. The first-order valence-electron chi connectivity index (χ1n) is 9.49. The number of amides is 2. The second-order valence-electron chi connectivity index (χ2n) is 6.86. The number of carbonyl (C=O) groups is 2. The van der Waals surface area contributed by atoms with Gasteiger partial charge in [0.2, 0.25) is 5.91 Å². The molecule has 2 aromatic carbocycles. The van der Waals surface area contributed by atoms with Gasteiger partial charge in [0.25, 0.3) is 5.91 Å². The third kappa shape index (κ3) is 4.74. The highest BCUT2D eigenvalue weighted by molar-refractivity contribution is 6.32. The van der Waals surface area contributed by atoms with Gasteiger partial charge in [0.1, 0.15) is 19.0 Å². The fourth-order valence-electron chi connectivity index (χ4n) is 3.30. The van der Waals surface area contributed by atoms with E-state index in [1.807, 2.05) is 18.2 Å². The van der Waals surface area contributed by atoms with Crippen molar-refractivity contribution in [3.63, 3.8) is 0 Å². The number of anilines is 1. The van der Waals surface area contributed by atoms with Crippen LogP contribution in [0.3, 0.4) is 0 Å². The molecule has 0 saturated heterocycles. The van der Waals surface area contributed by atoms with E-state index >= 15 is 0 Å². The van der Waals surface area contributed by atoms with E-state index in [1.165, 1.54) is 0 Å². The van der Waals surface area contributed by atoms with Gasteiger partial charge in [0.15, 0.2) is 18.1 Å². The largest absolute Gasteiger partial charge is 0.486 e. The summed E-state index contributed by atoms with van der Waals surface area (Å²) >= 11 is 6.23. The number of aryl methyl sites for hydroxylation is 1. The molecule has 2 N–H and O–H groups in total. The van der Waals surface area contributed by atoms with Gasteiger partial charge in [-0.25, -0.2) is 0 Å². The lowest BCUT2D eigenvalue weighted by Crippen LogP contribution is -2.30. The van der Waals surface area contributed by atoms with Crippen LogP contribution >= 0.6 is 11.6 Å². The number of rotatable bonds is 6. The molecule has 0 fully saturated rings. The molecule has 0 aliphatic carbocycles. The van der Waals surface area contributed by atoms with Crippen molar-refractivity contribution in [2.45, 2.75) is 19.3 Å². The maximum absolute atomic E-state index is 12.1. The Labute approximate surface area is 173 Å². The number of fused-ring (bicyclic) bond motifs is 2. The summed E-state index contributed by atoms with van der Waals surface area (Å²) in [5, 5.41) is 6.16. The minimum atomic E-state index is -0.209. The van der Waals surface area contributed by atoms with Crippen LogP contribution < -0.4 is 24.8 Å². The number of halogens is 1. The van der Waals surface area contributed by atoms with Crippen LogP contribution in [-0.4, -0.2) is 38.2 Å². The molecule has 0 radical (unpaired) electrons. The molecule has 2 aromatic rings. The molecule has 4 rings (SSSR count). The summed E-state index contributed by atoms with van der Waals surface area (Å²) in [6.45, 7) is 1.36. The first-order chi connectivity index (χ1) is 14.1. The molecule has 0 saturated carbocycles. The smallest absolute Gasteiger partial charge is 0.257 e. The molecule has 0 spiro atoms. The van der Waals surface area contributed by atoms with Gasteiger partial charge in [0.05, 0.1) is 5.02 Å². The summed E-state index contributed by atoms with van der Waals surface area (Å²) < 4.78 is 16.6. The summed E-state index contributed by atoms with van der Waals surface area (Å²) in [6.07, 6.45) is 1.74. The maximum Gasteiger partial charge on any atom is 0.257 e. The lowest BCUT2D eigenvalue weighted by Gasteiger charge is -2.20. The summed E-state index contributed by atoms with van der Waals surface area (Å²) in [5.74, 6) is 1.62. The molecular weight excluding hydrogens is 396 g/mol. The Morgan fingerprint density at radius 1 is 1.17 bits per heavy atom. The van der Waals surface area contributed by atoms with E-state index in [-0.39, 0.29) is 18.4 Å². The zero-order valence-electron chi connectivity index (χ0n) is 15.8. The van der Waals surface area contributed by atoms with Crippen LogP contribution in [0, 0.1) is 0 Å². The van der Waals surface area contributed by atoms with Gasteiger partial charge in [-0.3, -0.25) is 9.59 Å². The van der Waals surface area contributed by atoms with E-state index in [0.717, 1.165) is 16.8 Å². The van der Waals surface area contributed by atoms with E-state index in [4.69, 9.17) is 25.8 Å². The molecule has 2 amide bonds. The molecule has 0 unspecified atom stereocenters. The first kappa shape index (κ1) is 19.4. The molecule has 2 aliphatic rings. The van der Waals surface area contributed by atoms with Crippen LogP contribution in [0.4, 0.5) is 5.69 Å². The van der Waals surface area contributed by atoms with Gasteiger partial charge in [-0.05, 0) is 54.3 Å². The van der Waals surface area contributed by atoms with Gasteiger partial charge in [-0.2, -0.15) is 0 Å². The van der Waals surface area contributed by atoms with E-state index in [0.29, 0.717) is 61.3 Å². The van der Waals surface area contributed by atoms with Crippen LogP contribution in [0.25, 0.3) is 0 Å². The van der Waals surface area contributed by atoms with Gasteiger partial charge < -0.3 is 24.8 Å². The predicted molar refractivity (Wildman–Crippen MR) is 108 cm³/mol. The van der Waals surface area contributed by atoms with Crippen molar-refractivity contribution in [1.82, 2.24) is 5.32 Å². The first-order valence-corrected chi connectivity index (χ1v) is 9.86. The average Bonchev–Trinajstić information content (AvgIpc) is 2.72. The topological polar surface area (TPSA) is 85.9 Å². The lowest BCUT2D eigenvalue weighted by atomic mass is 10.0. The zero-order valence-corrected chi connectivity index (χ0v) is 16.5. The van der Waals surface area contributed by atoms with Crippen LogP contribution in [-0.2, 0) is 22.4 Å². The fraction of sp³-hybridized carbons (Fsp3) is 0.333. The number of benzene rings is 2. The van der Waals surface area contributed by atoms with Gasteiger partial charge in [-0.1, -0.05) is 11.6 Å². The van der Waals surface area contributed by atoms with Gasteiger partial charge in [0, 0.05) is 18.7 Å². The Kier molecular flexibility index (Phi) is 5.76. The third-order valence-corrected chi connectivity index (χ3v) is 5.02. The predicted octanol–water partition coefficient (Wildman–Crippen LogP) is 2.73. The summed E-state index contributed by atoms with van der Waals surface area (Å²) in [4.78, 5) is 23.5. The van der Waals surface area contributed by atoms with Crippen molar-refractivity contribution in [2.75, 3.05) is 31.7 Å². The van der Waals surface area contributed by atoms with Crippen molar-refractivity contribution in [2.24, 2.45) is 0 Å². The van der Waals surface area contributed by atoms with Crippen molar-refractivity contribution in [1.29, 1.82) is 0 Å². The van der Waals surface area contributed by atoms with Crippen LogP contribution in [0.2, 0.25) is 5.02 Å². The number of carbonyl (C=O) groups excluding carboxylic acids is 2. The normalized spacial score (nSPS) is 14.6. The number of hydrogen-bond donors (Lipinski definition) is 2. The van der Waals surface area contributed by atoms with Crippen molar-refractivity contribution in [3.8, 4) is 17.2 Å². The lowest BCUT2D eigenvalue weighted by molar-refractivity contribution is -0.123. The van der Waals surface area contributed by atoms with Gasteiger partial charge in [-0.15, -0.1) is 0 Å². The molecule has 0 aromatic heterocycles. The third-order valence-electron chi connectivity index (χ3n) is 4.73. The highest BCUT2D eigenvalue weighted by Crippen LogP contribution is 2.38. The Hall–Kier alpha value is -2.93. The Balaban J connectivity index is 1.25. The zero-order chi connectivity index (χ0) is 20.2. The molecule has 0 atom stereocenters. The second kappa shape index (κ2) is 8.61. The minimum Gasteiger partial charge on any atom is -0.486 e. The molecule has 29 heavy (non-hydrogen) atoms. The molecule has 0 bridgehead atoms. The van der Waals surface area contributed by atoms with E-state index in [1.54, 1.807) is 12.1 Å². The Bertz CT molecular complexity index is 947. The highest BCUT2D eigenvalue weighted by Gasteiger charge is 2.17. The van der Waals surface area contributed by atoms with E-state index in [2.05, 4.69) is 10.6 Å². The molecule has 2 heterocycles. The van der Waals surface area contributed by atoms with Gasteiger partial charge >= 0.3 is 0 Å². The Morgan fingerprint density at radius 3 is 2.93 bits per heavy atom. The van der Waals surface area contributed by atoms with E-state index < -0.39 is 0 Å². The van der Waals surface area contributed by atoms with Crippen molar-refractivity contribution in [3.05, 3.63) is 46.5 Å². The van der Waals surface area contributed by atoms with Crippen LogP contribution in [0.5, 0.6) is 17.2 Å². The van der Waals surface area contributed by atoms with Crippen LogP contribution in [0.1, 0.15) is 17.5 Å². The Morgan fingerprint density at radius 2 is 2.03 bits per heavy atom. The molecular formula is C21H21ClN2O5. The maximum atomic E-state index is 12.1. The van der Waals surface area contributed by atoms with E-state index in [9.17, 15) is 9.59 Å². The van der Waals surface area contributed by atoms with Crippen LogP contribution in [0.15, 0.2) is 30.3 Å². The average molecular weight is 417 g/mol. The molecule has 8 heteroatoms. The fourth-order valence-corrected chi connectivity index (χ4v) is 3.59. The minimum absolute atomic E-state index is 0.0184. The number of nitrogens with one attached hydrogen (secondary N) is 2. The standard InChI is InChI=1S/C21H21ClN2O5/c22-16-9-13(10-18-21(16)28-8-7-27-18)5-6-23-20(26)12-29-15-2-3-17-14(11-15)1-4-19(25)24-17/h2-3,9-11H,1,4-8,12H2,(H,23,26)(H,24,25). The SMILES string of the molecule is O=C(COc1ccc2c(c1)CCC(=O)N2)NCCc1cc(Cl)c2c(c1)OCCO2. The van der Waals surface area contributed by atoms with Crippen molar-refractivity contribution < 1.29 is 23.8 Å². The quantitative estimate of drug-likeness (QED) is 0.756. The summed E-state index contributed by atoms with van der Waals surface area (Å²) in [5.41, 5.74) is 2.77. The highest BCUT2D eigenvalue weighted by atomic mass is 35.5.